The van der Waals surface area contributed by atoms with Gasteiger partial charge < -0.3 is 10.3 Å². The lowest BCUT2D eigenvalue weighted by molar-refractivity contribution is -0.114. The maximum absolute atomic E-state index is 9.44. The van der Waals surface area contributed by atoms with Crippen molar-refractivity contribution in [3.63, 3.8) is 0 Å². The van der Waals surface area contributed by atoms with E-state index in [1.54, 1.807) is 0 Å². The number of rotatable bonds is 0. The monoisotopic (exact) mass is 77.1 g/mol. The van der Waals surface area contributed by atoms with Crippen LogP contribution in [-0.4, -0.2) is 11.3 Å². The average Bonchev–Trinajstić information content (AvgIpc) is 1.41. The van der Waals surface area contributed by atoms with Crippen molar-refractivity contribution in [2.45, 2.75) is 13.8 Å². The second-order valence-electron chi connectivity index (χ2n) is 0.908. The first-order valence-electron chi connectivity index (χ1n) is 1.65. The Bertz CT molecular complexity index is 31.8. The normalized spacial score (nSPS) is 6.60. The van der Waals surface area contributed by atoms with Gasteiger partial charge in [0.25, 0.3) is 0 Å². The van der Waals surface area contributed by atoms with E-state index in [0.29, 0.717) is 0 Å². The zero-order valence-electron chi connectivity index (χ0n) is 4.36. The van der Waals surface area contributed by atoms with Gasteiger partial charge in [0, 0.05) is 0 Å². The molecule has 0 radical (unpaired) electrons. The summed E-state index contributed by atoms with van der Waals surface area (Å²) in [5.74, 6) is 0.167. The highest BCUT2D eigenvalue weighted by Crippen LogP contribution is 1.50. The molecule has 0 spiro atoms. The quantitative estimate of drug-likeness (QED) is 0.394. The number of carbonyl (C=O) groups is 1. The van der Waals surface area contributed by atoms with E-state index in [2.05, 4.69) is 0 Å². The number of Topliss-reactive ketones (excluding diaryl/α,β-unsaturated/α-hetero) is 1. The van der Waals surface area contributed by atoms with Crippen molar-refractivity contribution in [1.29, 1.82) is 0 Å². The highest BCUT2D eigenvalue weighted by Gasteiger charge is 1.62. The Morgan fingerprint density at radius 2 is 1.80 bits per heavy atom. The summed E-state index contributed by atoms with van der Waals surface area (Å²) in [6.45, 7) is 3.06. The lowest BCUT2D eigenvalue weighted by Crippen LogP contribution is -1.69. The summed E-state index contributed by atoms with van der Waals surface area (Å²) in [4.78, 5) is 9.44. The van der Waals surface area contributed by atoms with Crippen LogP contribution in [0.5, 0.6) is 0 Å². The van der Waals surface area contributed by atoms with Gasteiger partial charge in [-0.15, -0.1) is 0 Å². The van der Waals surface area contributed by atoms with E-state index < -0.39 is 0 Å². The molecule has 0 rings (SSSR count). The SMILES string of the molecule is CC(C)=O.[2H]O. The van der Waals surface area contributed by atoms with Crippen LogP contribution in [0.3, 0.4) is 0 Å². The minimum absolute atomic E-state index is 0.167. The second-order valence-corrected chi connectivity index (χ2v) is 0.908. The van der Waals surface area contributed by atoms with E-state index in [0.717, 1.165) is 0 Å². The fraction of sp³-hybridized carbons (Fsp3) is 0.667. The van der Waals surface area contributed by atoms with Crippen LogP contribution in [0, 0.1) is 0 Å². The van der Waals surface area contributed by atoms with Gasteiger partial charge in [-0.3, -0.25) is 0 Å². The molecule has 0 amide bonds. The molecule has 2 N–H and O–H groups in total. The Morgan fingerprint density at radius 1 is 1.80 bits per heavy atom. The topological polar surface area (TPSA) is 48.6 Å². The molecule has 0 aliphatic carbocycles. The van der Waals surface area contributed by atoms with Crippen molar-refractivity contribution in [1.82, 2.24) is 0 Å². The van der Waals surface area contributed by atoms with Crippen LogP contribution in [0.4, 0.5) is 0 Å². The fourth-order valence-electron chi connectivity index (χ4n) is 0. The average molecular weight is 77.1 g/mol. The molecule has 5 heavy (non-hydrogen) atoms. The van der Waals surface area contributed by atoms with Crippen LogP contribution in [0.1, 0.15) is 15.3 Å². The van der Waals surface area contributed by atoms with Gasteiger partial charge in [0.15, 0.2) is 0 Å². The van der Waals surface area contributed by atoms with E-state index in [1.165, 1.54) is 13.8 Å². The highest BCUT2D eigenvalue weighted by atomic mass is 16.1. The predicted octanol–water partition coefficient (Wildman–Crippen LogP) is -0.229. The van der Waals surface area contributed by atoms with Crippen LogP contribution in [0.15, 0.2) is 0 Å². The zero-order chi connectivity index (χ0) is 5.58. The molecule has 2 nitrogen and oxygen atoms in total. The largest absolute Gasteiger partial charge is 0.412 e. The van der Waals surface area contributed by atoms with Crippen molar-refractivity contribution in [2.75, 3.05) is 0 Å². The standard InChI is InChI=1S/C3H6O.H2O/c1-3(2)4;/h1-2H3;1H2/i/hD. The molecule has 0 saturated heterocycles. The molecule has 0 aromatic rings. The first-order valence-corrected chi connectivity index (χ1v) is 1.20. The van der Waals surface area contributed by atoms with E-state index in [4.69, 9.17) is 6.91 Å². The molecule has 0 heterocycles. The van der Waals surface area contributed by atoms with E-state index >= 15 is 0 Å². The first kappa shape index (κ1) is 4.63. The van der Waals surface area contributed by atoms with Gasteiger partial charge in [0.05, 0.1) is 0 Å². The molecule has 0 unspecified atom stereocenters. The van der Waals surface area contributed by atoms with Gasteiger partial charge in [-0.2, -0.15) is 0 Å². The third-order valence-electron chi connectivity index (χ3n) is 0. The summed E-state index contributed by atoms with van der Waals surface area (Å²) in [5.41, 5.74) is 6.25. The fourth-order valence-corrected chi connectivity index (χ4v) is 0. The predicted molar refractivity (Wildman–Crippen MR) is 20.0 cm³/mol. The molecule has 2 heteroatoms. The lowest BCUT2D eigenvalue weighted by Gasteiger charge is -1.56. The Labute approximate surface area is 32.6 Å². The Balaban J connectivity index is 0. The Kier molecular flexibility index (Phi) is 3.36. The molecule has 0 saturated carbocycles. The summed E-state index contributed by atoms with van der Waals surface area (Å²) in [6.07, 6.45) is 0. The smallest absolute Gasteiger partial charge is 0.206 e. The molecule has 0 aromatic carbocycles. The van der Waals surface area contributed by atoms with Crippen LogP contribution >= 0.6 is 0 Å². The second kappa shape index (κ2) is 3.63. The molecule has 0 aliphatic rings. The summed E-state index contributed by atoms with van der Waals surface area (Å²) in [6, 6.07) is 0. The summed E-state index contributed by atoms with van der Waals surface area (Å²) >= 11 is 0. The van der Waals surface area contributed by atoms with E-state index in [9.17, 15) is 4.79 Å². The van der Waals surface area contributed by atoms with Crippen molar-refractivity contribution < 1.29 is 11.7 Å². The number of carbonyl (C=O) groups excluding carboxylic acids is 1. The molecule has 0 fully saturated rings. The molecule has 0 aromatic heterocycles. The maximum Gasteiger partial charge on any atom is 0.206 e. The lowest BCUT2D eigenvalue weighted by atomic mass is 10.6. The molecule has 32 valence electrons. The van der Waals surface area contributed by atoms with Gasteiger partial charge in [-0.05, 0) is 13.8 Å². The number of hydrogen-bond donors (Lipinski definition) is 0. The van der Waals surface area contributed by atoms with Gasteiger partial charge in [-0.1, -0.05) is 0 Å². The van der Waals surface area contributed by atoms with Crippen molar-refractivity contribution >= 4 is 5.78 Å². The van der Waals surface area contributed by atoms with Crippen LogP contribution in [0.2, 0.25) is 0 Å². The minimum Gasteiger partial charge on any atom is -0.412 e. The highest BCUT2D eigenvalue weighted by molar-refractivity contribution is 5.72. The number of ketones is 1. The molecule has 0 atom stereocenters. The van der Waals surface area contributed by atoms with Gasteiger partial charge in [0.1, 0.15) is 5.78 Å². The molecular weight excluding hydrogens is 68.0 g/mol. The minimum atomic E-state index is 0.167. The molecule has 0 aliphatic heterocycles. The van der Waals surface area contributed by atoms with Crippen molar-refractivity contribution in [2.24, 2.45) is 0 Å². The van der Waals surface area contributed by atoms with Crippen molar-refractivity contribution in [3.05, 3.63) is 0 Å². The van der Waals surface area contributed by atoms with Gasteiger partial charge >= 0.3 is 0 Å². The summed E-state index contributed by atoms with van der Waals surface area (Å²) in [5, 5.41) is 0. The maximum atomic E-state index is 9.44. The van der Waals surface area contributed by atoms with E-state index in [1.807, 2.05) is 0 Å². The molecular formula is C3H8O2. The number of hydrogen-bond acceptors (Lipinski definition) is 1. The third-order valence-corrected chi connectivity index (χ3v) is 0. The van der Waals surface area contributed by atoms with E-state index in [-0.39, 0.29) is 5.78 Å². The summed E-state index contributed by atoms with van der Waals surface area (Å²) < 4.78 is 4.75. The van der Waals surface area contributed by atoms with Crippen molar-refractivity contribution in [3.8, 4) is 0 Å². The van der Waals surface area contributed by atoms with Crippen LogP contribution in [-0.2, 0) is 4.79 Å². The van der Waals surface area contributed by atoms with Crippen LogP contribution < -0.4 is 0 Å². The van der Waals surface area contributed by atoms with Gasteiger partial charge in [-0.25, -0.2) is 0 Å². The van der Waals surface area contributed by atoms with Gasteiger partial charge in [0.2, 0.25) is 1.43 Å². The van der Waals surface area contributed by atoms with Crippen LogP contribution in [0.25, 0.3) is 0 Å². The summed E-state index contributed by atoms with van der Waals surface area (Å²) in [7, 11) is 0. The zero-order valence-corrected chi connectivity index (χ0v) is 3.36. The Hall–Kier alpha value is -0.370. The first-order chi connectivity index (χ1) is 2.73. The molecule has 0 bridgehead atoms. The third kappa shape index (κ3) is 70.4. The Morgan fingerprint density at radius 3 is 1.80 bits per heavy atom.